The molecule has 2 nitrogen and oxygen atoms in total. The first-order valence-electron chi connectivity index (χ1n) is 6.79. The Morgan fingerprint density at radius 1 is 0.667 bits per heavy atom. The fourth-order valence-corrected chi connectivity index (χ4v) is 4.99. The molecular weight excluding hydrogens is 300 g/mol. The van der Waals surface area contributed by atoms with Crippen molar-refractivity contribution in [3.05, 3.63) is 59.7 Å². The summed E-state index contributed by atoms with van der Waals surface area (Å²) in [4.78, 5) is 1.43. The van der Waals surface area contributed by atoms with E-state index in [2.05, 4.69) is 0 Å². The molecule has 112 valence electrons. The Morgan fingerprint density at radius 3 is 1.24 bits per heavy atom. The lowest BCUT2D eigenvalue weighted by Crippen LogP contribution is -2.32. The van der Waals surface area contributed by atoms with Crippen molar-refractivity contribution in [1.29, 1.82) is 0 Å². The van der Waals surface area contributed by atoms with Crippen molar-refractivity contribution in [3.8, 4) is 0 Å². The molecule has 0 aliphatic rings. The minimum atomic E-state index is -1.34. The molecule has 0 saturated heterocycles. The van der Waals surface area contributed by atoms with Crippen molar-refractivity contribution in [2.45, 2.75) is 41.6 Å². The van der Waals surface area contributed by atoms with E-state index in [1.54, 1.807) is 13.8 Å². The van der Waals surface area contributed by atoms with Gasteiger partial charge in [0.05, 0.1) is 21.6 Å². The van der Waals surface area contributed by atoms with Gasteiger partial charge in [-0.2, -0.15) is 0 Å². The van der Waals surface area contributed by atoms with Gasteiger partial charge >= 0.3 is 0 Å². The molecule has 0 heterocycles. The summed E-state index contributed by atoms with van der Waals surface area (Å²) in [5, 5.41) is 0. The van der Waals surface area contributed by atoms with Gasteiger partial charge in [0.2, 0.25) is 0 Å². The van der Waals surface area contributed by atoms with Gasteiger partial charge in [0.1, 0.15) is 4.08 Å². The Bertz CT molecular complexity index is 611. The lowest BCUT2D eigenvalue weighted by molar-refractivity contribution is 0.654. The SMILES string of the molecule is Cc1ccc(S(=O)C(C)(C)S(=O)c2ccc(C)cc2)cc1. The van der Waals surface area contributed by atoms with Gasteiger partial charge in [-0.3, -0.25) is 8.42 Å². The van der Waals surface area contributed by atoms with Gasteiger partial charge in [0.25, 0.3) is 0 Å². The number of hydrogen-bond donors (Lipinski definition) is 0. The predicted octanol–water partition coefficient (Wildman–Crippen LogP) is 3.95. The lowest BCUT2D eigenvalue weighted by Gasteiger charge is -2.23. The molecule has 0 spiro atoms. The second kappa shape index (κ2) is 6.24. The van der Waals surface area contributed by atoms with Gasteiger partial charge in [-0.15, -0.1) is 0 Å². The van der Waals surface area contributed by atoms with Crippen molar-refractivity contribution < 1.29 is 8.42 Å². The van der Waals surface area contributed by atoms with E-state index in [9.17, 15) is 8.42 Å². The molecule has 2 aromatic carbocycles. The smallest absolute Gasteiger partial charge is 0.124 e. The normalized spacial score (nSPS) is 14.7. The van der Waals surface area contributed by atoms with Gasteiger partial charge in [0.15, 0.2) is 0 Å². The molecule has 0 amide bonds. The van der Waals surface area contributed by atoms with Crippen LogP contribution in [0.5, 0.6) is 0 Å². The van der Waals surface area contributed by atoms with Crippen LogP contribution in [0.4, 0.5) is 0 Å². The van der Waals surface area contributed by atoms with E-state index in [-0.39, 0.29) is 0 Å². The van der Waals surface area contributed by atoms with E-state index in [0.717, 1.165) is 11.1 Å². The molecular formula is C17H20O2S2. The van der Waals surface area contributed by atoms with Crippen LogP contribution < -0.4 is 0 Å². The summed E-state index contributed by atoms with van der Waals surface area (Å²) in [5.74, 6) is 0. The standard InChI is InChI=1S/C17H20O2S2/c1-13-5-9-15(10-6-13)20(18)17(3,4)21(19)16-11-7-14(2)8-12-16/h5-12H,1-4H3. The maximum atomic E-state index is 12.8. The third kappa shape index (κ3) is 3.50. The summed E-state index contributed by atoms with van der Waals surface area (Å²) in [6.45, 7) is 7.56. The molecule has 2 rings (SSSR count). The number of rotatable bonds is 4. The Labute approximate surface area is 131 Å². The molecule has 0 aromatic heterocycles. The van der Waals surface area contributed by atoms with E-state index < -0.39 is 25.7 Å². The second-order valence-electron chi connectivity index (χ2n) is 5.56. The molecule has 0 fully saturated rings. The van der Waals surface area contributed by atoms with Crippen LogP contribution in [0.3, 0.4) is 0 Å². The number of aryl methyl sites for hydroxylation is 2. The van der Waals surface area contributed by atoms with Crippen molar-refractivity contribution in [2.75, 3.05) is 0 Å². The van der Waals surface area contributed by atoms with Gasteiger partial charge in [-0.1, -0.05) is 35.4 Å². The van der Waals surface area contributed by atoms with Crippen LogP contribution in [-0.4, -0.2) is 12.5 Å². The molecule has 0 aliphatic carbocycles. The van der Waals surface area contributed by atoms with Crippen LogP contribution in [-0.2, 0) is 21.6 Å². The van der Waals surface area contributed by atoms with E-state index in [1.807, 2.05) is 62.4 Å². The molecule has 0 bridgehead atoms. The fraction of sp³-hybridized carbons (Fsp3) is 0.294. The zero-order valence-corrected chi connectivity index (χ0v) is 14.4. The van der Waals surface area contributed by atoms with E-state index in [1.165, 1.54) is 0 Å². The number of benzene rings is 2. The quantitative estimate of drug-likeness (QED) is 0.854. The Kier molecular flexibility index (Phi) is 4.79. The van der Waals surface area contributed by atoms with Crippen molar-refractivity contribution in [3.63, 3.8) is 0 Å². The Balaban J connectivity index is 2.32. The first-order valence-corrected chi connectivity index (χ1v) is 9.09. The molecule has 4 heteroatoms. The minimum Gasteiger partial charge on any atom is -0.253 e. The highest BCUT2D eigenvalue weighted by Crippen LogP contribution is 2.29. The topological polar surface area (TPSA) is 34.1 Å². The largest absolute Gasteiger partial charge is 0.253 e. The zero-order valence-electron chi connectivity index (χ0n) is 12.8. The third-order valence-electron chi connectivity index (χ3n) is 3.36. The van der Waals surface area contributed by atoms with E-state index in [4.69, 9.17) is 0 Å². The summed E-state index contributed by atoms with van der Waals surface area (Å²) >= 11 is 0. The molecule has 0 saturated carbocycles. The van der Waals surface area contributed by atoms with Crippen molar-refractivity contribution >= 4 is 21.6 Å². The van der Waals surface area contributed by atoms with Crippen LogP contribution in [0.25, 0.3) is 0 Å². The summed E-state index contributed by atoms with van der Waals surface area (Å²) in [7, 11) is -2.68. The van der Waals surface area contributed by atoms with Crippen LogP contribution in [0.15, 0.2) is 58.3 Å². The highest BCUT2D eigenvalue weighted by atomic mass is 32.2. The monoisotopic (exact) mass is 320 g/mol. The molecule has 21 heavy (non-hydrogen) atoms. The molecule has 0 radical (unpaired) electrons. The Hall–Kier alpha value is -1.26. The molecule has 2 aromatic rings. The fourth-order valence-electron chi connectivity index (χ4n) is 1.96. The summed E-state index contributed by atoms with van der Waals surface area (Å²) in [6.07, 6.45) is 0. The van der Waals surface area contributed by atoms with Crippen LogP contribution in [0, 0.1) is 13.8 Å². The second-order valence-corrected chi connectivity index (χ2v) is 9.88. The van der Waals surface area contributed by atoms with Crippen molar-refractivity contribution in [1.82, 2.24) is 0 Å². The van der Waals surface area contributed by atoms with Crippen molar-refractivity contribution in [2.24, 2.45) is 0 Å². The summed E-state index contributed by atoms with van der Waals surface area (Å²) in [6, 6.07) is 15.1. The van der Waals surface area contributed by atoms with Crippen LogP contribution in [0.1, 0.15) is 25.0 Å². The van der Waals surface area contributed by atoms with Gasteiger partial charge in [-0.05, 0) is 52.0 Å². The highest BCUT2D eigenvalue weighted by Gasteiger charge is 2.35. The van der Waals surface area contributed by atoms with Gasteiger partial charge < -0.3 is 0 Å². The average molecular weight is 320 g/mol. The van der Waals surface area contributed by atoms with Gasteiger partial charge in [0, 0.05) is 9.79 Å². The molecule has 2 atom stereocenters. The zero-order chi connectivity index (χ0) is 15.6. The highest BCUT2D eigenvalue weighted by molar-refractivity contribution is 8.04. The molecule has 0 N–H and O–H groups in total. The number of hydrogen-bond acceptors (Lipinski definition) is 2. The van der Waals surface area contributed by atoms with Gasteiger partial charge in [-0.25, -0.2) is 0 Å². The lowest BCUT2D eigenvalue weighted by atomic mass is 10.2. The third-order valence-corrected chi connectivity index (χ3v) is 7.46. The molecule has 2 unspecified atom stereocenters. The Morgan fingerprint density at radius 2 is 0.952 bits per heavy atom. The van der Waals surface area contributed by atoms with Crippen LogP contribution >= 0.6 is 0 Å². The van der Waals surface area contributed by atoms with Crippen LogP contribution in [0.2, 0.25) is 0 Å². The molecule has 0 aliphatic heterocycles. The predicted molar refractivity (Wildman–Crippen MR) is 89.3 cm³/mol. The maximum absolute atomic E-state index is 12.8. The summed E-state index contributed by atoms with van der Waals surface area (Å²) in [5.41, 5.74) is 2.24. The average Bonchev–Trinajstić information content (AvgIpc) is 2.47. The maximum Gasteiger partial charge on any atom is 0.124 e. The van der Waals surface area contributed by atoms with E-state index >= 15 is 0 Å². The van der Waals surface area contributed by atoms with E-state index in [0.29, 0.717) is 9.79 Å². The minimum absolute atomic E-state index is 0.714. The first kappa shape index (κ1) is 16.1. The first-order chi connectivity index (χ1) is 9.82. The summed E-state index contributed by atoms with van der Waals surface area (Å²) < 4.78 is 24.7.